The van der Waals surface area contributed by atoms with Crippen molar-refractivity contribution < 1.29 is 0 Å². The summed E-state index contributed by atoms with van der Waals surface area (Å²) in [7, 11) is 4.19. The van der Waals surface area contributed by atoms with E-state index in [2.05, 4.69) is 90.9 Å². The third kappa shape index (κ3) is 2.82. The molecule has 0 amide bonds. The van der Waals surface area contributed by atoms with Crippen LogP contribution in [0.25, 0.3) is 16.8 Å². The van der Waals surface area contributed by atoms with E-state index in [9.17, 15) is 0 Å². The van der Waals surface area contributed by atoms with Gasteiger partial charge in [0.15, 0.2) is 0 Å². The van der Waals surface area contributed by atoms with E-state index in [4.69, 9.17) is 0 Å². The van der Waals surface area contributed by atoms with Crippen LogP contribution in [0.5, 0.6) is 0 Å². The van der Waals surface area contributed by atoms with E-state index in [1.807, 2.05) is 0 Å². The number of rotatable bonds is 2. The molecule has 104 valence electrons. The molecule has 0 atom stereocenters. The second-order valence-corrected chi connectivity index (χ2v) is 4.97. The molecule has 0 unspecified atom stereocenters. The van der Waals surface area contributed by atoms with Crippen LogP contribution >= 0.6 is 24.0 Å². The van der Waals surface area contributed by atoms with E-state index >= 15 is 0 Å². The zero-order valence-electron chi connectivity index (χ0n) is 11.7. The van der Waals surface area contributed by atoms with Gasteiger partial charge in [-0.15, -0.1) is 24.0 Å². The second-order valence-electron chi connectivity index (χ2n) is 4.97. The van der Waals surface area contributed by atoms with Crippen molar-refractivity contribution in [2.24, 2.45) is 0 Å². The Bertz CT molecular complexity index is 631. The molecule has 0 bridgehead atoms. The van der Waals surface area contributed by atoms with Crippen LogP contribution in [-0.4, -0.2) is 30.1 Å². The number of halogens is 1. The maximum absolute atomic E-state index is 2.24. The first-order valence-corrected chi connectivity index (χ1v) is 6.54. The highest BCUT2D eigenvalue weighted by Gasteiger charge is 2.16. The number of likely N-dealkylation sites (N-methyl/N-ethyl adjacent to an activating group) is 2. The van der Waals surface area contributed by atoms with E-state index in [1.165, 1.54) is 16.3 Å². The van der Waals surface area contributed by atoms with Gasteiger partial charge in [0, 0.05) is 26.5 Å². The molecule has 0 saturated carbocycles. The van der Waals surface area contributed by atoms with Crippen LogP contribution in [0.4, 0.5) is 0 Å². The molecule has 0 fully saturated rings. The first kappa shape index (κ1) is 14.9. The molecule has 3 heteroatoms. The van der Waals surface area contributed by atoms with E-state index < -0.39 is 0 Å². The lowest BCUT2D eigenvalue weighted by Crippen LogP contribution is -2.31. The molecule has 0 saturated heterocycles. The normalized spacial score (nSPS) is 15.3. The van der Waals surface area contributed by atoms with Crippen molar-refractivity contribution in [1.29, 1.82) is 0 Å². The van der Waals surface area contributed by atoms with Crippen molar-refractivity contribution in [1.82, 2.24) is 9.80 Å². The van der Waals surface area contributed by atoms with Crippen LogP contribution in [0.2, 0.25) is 0 Å². The summed E-state index contributed by atoms with van der Waals surface area (Å²) in [4.78, 5) is 4.39. The van der Waals surface area contributed by atoms with Crippen LogP contribution in [0.15, 0.2) is 60.9 Å². The van der Waals surface area contributed by atoms with Crippen LogP contribution in [0, 0.1) is 0 Å². The molecule has 3 rings (SSSR count). The maximum atomic E-state index is 2.24. The van der Waals surface area contributed by atoms with Gasteiger partial charge in [-0.25, -0.2) is 0 Å². The van der Waals surface area contributed by atoms with Gasteiger partial charge < -0.3 is 9.80 Å². The van der Waals surface area contributed by atoms with Crippen molar-refractivity contribution in [3.63, 3.8) is 0 Å². The molecule has 2 aromatic rings. The fourth-order valence-electron chi connectivity index (χ4n) is 2.53. The summed E-state index contributed by atoms with van der Waals surface area (Å²) < 4.78 is 0. The van der Waals surface area contributed by atoms with Gasteiger partial charge in [-0.3, -0.25) is 0 Å². The monoisotopic (exact) mass is 378 g/mol. The molecule has 2 nitrogen and oxygen atoms in total. The van der Waals surface area contributed by atoms with Crippen LogP contribution in [-0.2, 0) is 0 Å². The van der Waals surface area contributed by atoms with E-state index in [0.29, 0.717) is 6.17 Å². The fraction of sp³-hybridized carbons (Fsp3) is 0.176. The summed E-state index contributed by atoms with van der Waals surface area (Å²) >= 11 is 0. The van der Waals surface area contributed by atoms with Crippen molar-refractivity contribution >= 4 is 40.8 Å². The van der Waals surface area contributed by atoms with Crippen LogP contribution in [0.3, 0.4) is 0 Å². The van der Waals surface area contributed by atoms with Crippen LogP contribution < -0.4 is 0 Å². The Morgan fingerprint density at radius 2 is 1.55 bits per heavy atom. The summed E-state index contributed by atoms with van der Waals surface area (Å²) in [5.74, 6) is 0. The van der Waals surface area contributed by atoms with Crippen molar-refractivity contribution in [3.8, 4) is 0 Å². The average Bonchev–Trinajstić information content (AvgIpc) is 2.76. The van der Waals surface area contributed by atoms with Gasteiger partial charge in [0.1, 0.15) is 6.17 Å². The summed E-state index contributed by atoms with van der Waals surface area (Å²) in [6.45, 7) is 0. The molecule has 1 heterocycles. The van der Waals surface area contributed by atoms with Gasteiger partial charge >= 0.3 is 0 Å². The van der Waals surface area contributed by atoms with E-state index in [1.54, 1.807) is 0 Å². The standard InChI is InChI=1S/C17H18N2.HI/c1-18-12-13-19(2)17(18)11-10-15-8-5-7-14-6-3-4-9-16(14)15;/h3-13,17H,1-2H3;1H/b11-10+;. The molecule has 20 heavy (non-hydrogen) atoms. The molecule has 0 N–H and O–H groups in total. The maximum Gasteiger partial charge on any atom is 0.120 e. The number of benzene rings is 2. The predicted octanol–water partition coefficient (Wildman–Crippen LogP) is 4.15. The first-order valence-electron chi connectivity index (χ1n) is 6.54. The number of fused-ring (bicyclic) bond motifs is 1. The molecule has 0 spiro atoms. The minimum absolute atomic E-state index is 0. The zero-order valence-corrected chi connectivity index (χ0v) is 14.1. The van der Waals surface area contributed by atoms with Gasteiger partial charge in [0.25, 0.3) is 0 Å². The van der Waals surface area contributed by atoms with Gasteiger partial charge in [-0.2, -0.15) is 0 Å². The summed E-state index contributed by atoms with van der Waals surface area (Å²) in [6, 6.07) is 14.9. The third-order valence-electron chi connectivity index (χ3n) is 3.64. The van der Waals surface area contributed by atoms with E-state index in [0.717, 1.165) is 0 Å². The van der Waals surface area contributed by atoms with Crippen molar-refractivity contribution in [3.05, 3.63) is 66.5 Å². The summed E-state index contributed by atoms with van der Waals surface area (Å²) in [6.07, 6.45) is 8.95. The number of nitrogens with zero attached hydrogens (tertiary/aromatic N) is 2. The van der Waals surface area contributed by atoms with Gasteiger partial charge in [-0.1, -0.05) is 48.5 Å². The Morgan fingerprint density at radius 3 is 2.30 bits per heavy atom. The molecule has 0 aliphatic carbocycles. The quantitative estimate of drug-likeness (QED) is 0.725. The van der Waals surface area contributed by atoms with Gasteiger partial charge in [0.2, 0.25) is 0 Å². The largest absolute Gasteiger partial charge is 0.356 e. The second kappa shape index (κ2) is 6.31. The Morgan fingerprint density at radius 1 is 0.900 bits per heavy atom. The van der Waals surface area contributed by atoms with Crippen molar-refractivity contribution in [2.75, 3.05) is 14.1 Å². The lowest BCUT2D eigenvalue weighted by atomic mass is 10.0. The smallest absolute Gasteiger partial charge is 0.120 e. The zero-order chi connectivity index (χ0) is 13.2. The average molecular weight is 378 g/mol. The SMILES string of the molecule is CN1C=CN(C)C1/C=C/c1cccc2ccccc12.I. The highest BCUT2D eigenvalue weighted by atomic mass is 127. The lowest BCUT2D eigenvalue weighted by Gasteiger charge is -2.24. The Balaban J connectivity index is 0.00000147. The van der Waals surface area contributed by atoms with Crippen LogP contribution in [0.1, 0.15) is 5.56 Å². The molecular weight excluding hydrogens is 359 g/mol. The summed E-state index contributed by atoms with van der Waals surface area (Å²) in [5.41, 5.74) is 1.27. The summed E-state index contributed by atoms with van der Waals surface area (Å²) in [5, 5.41) is 2.59. The Labute approximate surface area is 137 Å². The molecule has 0 radical (unpaired) electrons. The first-order chi connectivity index (χ1) is 9.25. The predicted molar refractivity (Wildman–Crippen MR) is 96.9 cm³/mol. The Hall–Kier alpha value is -1.49. The lowest BCUT2D eigenvalue weighted by molar-refractivity contribution is 0.258. The molecular formula is C17H19IN2. The molecule has 0 aromatic heterocycles. The minimum atomic E-state index is 0. The number of hydrogen-bond donors (Lipinski definition) is 0. The molecule has 1 aliphatic heterocycles. The fourth-order valence-corrected chi connectivity index (χ4v) is 2.53. The van der Waals surface area contributed by atoms with Crippen molar-refractivity contribution in [2.45, 2.75) is 6.17 Å². The van der Waals surface area contributed by atoms with E-state index in [-0.39, 0.29) is 24.0 Å². The highest BCUT2D eigenvalue weighted by Crippen LogP contribution is 2.21. The molecule has 1 aliphatic rings. The minimum Gasteiger partial charge on any atom is -0.356 e. The number of hydrogen-bond acceptors (Lipinski definition) is 2. The highest BCUT2D eigenvalue weighted by molar-refractivity contribution is 14.0. The molecule has 2 aromatic carbocycles. The van der Waals surface area contributed by atoms with Gasteiger partial charge in [0.05, 0.1) is 0 Å². The topological polar surface area (TPSA) is 6.48 Å². The Kier molecular flexibility index (Phi) is 4.70. The van der Waals surface area contributed by atoms with Gasteiger partial charge in [-0.05, 0) is 22.4 Å². The third-order valence-corrected chi connectivity index (χ3v) is 3.64.